The lowest BCUT2D eigenvalue weighted by atomic mass is 10.1. The summed E-state index contributed by atoms with van der Waals surface area (Å²) in [5, 5.41) is 0.378. The molecular weight excluding hydrogens is 414 g/mol. The van der Waals surface area contributed by atoms with E-state index in [2.05, 4.69) is 0 Å². The van der Waals surface area contributed by atoms with Gasteiger partial charge in [0.05, 0.1) is 22.7 Å². The second kappa shape index (κ2) is 7.74. The first-order valence-corrected chi connectivity index (χ1v) is 11.7. The number of nitrogens with zero attached hydrogens (tertiary/aromatic N) is 1. The van der Waals surface area contributed by atoms with Crippen molar-refractivity contribution in [1.82, 2.24) is 4.90 Å². The van der Waals surface area contributed by atoms with E-state index in [0.717, 1.165) is 16.5 Å². The monoisotopic (exact) mass is 435 g/mol. The Kier molecular flexibility index (Phi) is 4.90. The lowest BCUT2D eigenvalue weighted by molar-refractivity contribution is 0.0726. The summed E-state index contributed by atoms with van der Waals surface area (Å²) in [5.41, 5.74) is 2.15. The fourth-order valence-corrected chi connectivity index (χ4v) is 5.83. The van der Waals surface area contributed by atoms with Crippen LogP contribution in [0.5, 0.6) is 0 Å². The van der Waals surface area contributed by atoms with Crippen LogP contribution in [0.1, 0.15) is 23.2 Å². The summed E-state index contributed by atoms with van der Waals surface area (Å²) in [7, 11) is -3.46. The van der Waals surface area contributed by atoms with Gasteiger partial charge in [0.2, 0.25) is 0 Å². The van der Waals surface area contributed by atoms with Crippen molar-refractivity contribution in [3.8, 4) is 11.3 Å². The van der Waals surface area contributed by atoms with E-state index in [1.807, 2.05) is 18.2 Å². The SMILES string of the molecule is O=C(c1ccc2occc2c1)N1CCC(S(=O)(=O)c2ccc(-c3ccco3)cc2)CC1. The zero-order valence-corrected chi connectivity index (χ0v) is 17.5. The maximum absolute atomic E-state index is 13.1. The smallest absolute Gasteiger partial charge is 0.253 e. The molecule has 0 N–H and O–H groups in total. The van der Waals surface area contributed by atoms with Crippen LogP contribution in [-0.2, 0) is 9.84 Å². The Morgan fingerprint density at radius 3 is 2.39 bits per heavy atom. The van der Waals surface area contributed by atoms with Crippen LogP contribution in [0.15, 0.2) is 86.9 Å². The predicted molar refractivity (Wildman–Crippen MR) is 116 cm³/mol. The second-order valence-corrected chi connectivity index (χ2v) is 9.94. The summed E-state index contributed by atoms with van der Waals surface area (Å²) in [4.78, 5) is 14.9. The van der Waals surface area contributed by atoms with Crippen molar-refractivity contribution in [3.05, 3.63) is 78.8 Å². The third-order valence-corrected chi connectivity index (χ3v) is 8.13. The minimum absolute atomic E-state index is 0.0817. The zero-order valence-electron chi connectivity index (χ0n) is 16.7. The molecule has 0 aliphatic carbocycles. The molecule has 0 atom stereocenters. The number of hydrogen-bond acceptors (Lipinski definition) is 5. The lowest BCUT2D eigenvalue weighted by Crippen LogP contribution is -2.42. The molecule has 0 spiro atoms. The first-order valence-electron chi connectivity index (χ1n) is 10.2. The number of sulfone groups is 1. The molecule has 2 aromatic heterocycles. The summed E-state index contributed by atoms with van der Waals surface area (Å²) in [6.07, 6.45) is 4.02. The van der Waals surface area contributed by atoms with Crippen LogP contribution in [0.2, 0.25) is 0 Å². The Morgan fingerprint density at radius 1 is 0.903 bits per heavy atom. The Balaban J connectivity index is 1.27. The number of furan rings is 2. The highest BCUT2D eigenvalue weighted by Gasteiger charge is 2.33. The third-order valence-electron chi connectivity index (χ3n) is 5.86. The number of carbonyl (C=O) groups excluding carboxylic acids is 1. The zero-order chi connectivity index (χ0) is 21.4. The molecule has 0 unspecified atom stereocenters. The molecule has 0 radical (unpaired) electrons. The molecule has 4 aromatic rings. The molecular formula is C24H21NO5S. The number of rotatable bonds is 4. The molecule has 31 heavy (non-hydrogen) atoms. The highest BCUT2D eigenvalue weighted by Crippen LogP contribution is 2.28. The maximum atomic E-state index is 13.1. The fraction of sp³-hybridized carbons (Fsp3) is 0.208. The average molecular weight is 436 g/mol. The first kappa shape index (κ1) is 19.6. The van der Waals surface area contributed by atoms with Crippen molar-refractivity contribution < 1.29 is 22.0 Å². The van der Waals surface area contributed by atoms with Crippen molar-refractivity contribution in [3.63, 3.8) is 0 Å². The third kappa shape index (κ3) is 3.65. The van der Waals surface area contributed by atoms with Crippen molar-refractivity contribution >= 4 is 26.7 Å². The second-order valence-electron chi connectivity index (χ2n) is 7.71. The van der Waals surface area contributed by atoms with Crippen molar-refractivity contribution in [2.45, 2.75) is 23.0 Å². The van der Waals surface area contributed by atoms with Gasteiger partial charge in [-0.3, -0.25) is 4.79 Å². The van der Waals surface area contributed by atoms with Gasteiger partial charge in [0.25, 0.3) is 5.91 Å². The van der Waals surface area contributed by atoms with Crippen molar-refractivity contribution in [1.29, 1.82) is 0 Å². The molecule has 0 saturated carbocycles. The molecule has 2 aromatic carbocycles. The Labute approximate surface area is 180 Å². The van der Waals surface area contributed by atoms with Crippen molar-refractivity contribution in [2.24, 2.45) is 0 Å². The predicted octanol–water partition coefficient (Wildman–Crippen LogP) is 4.77. The number of hydrogen-bond donors (Lipinski definition) is 0. The Hall–Kier alpha value is -3.32. The molecule has 158 valence electrons. The molecule has 1 fully saturated rings. The number of carbonyl (C=O) groups is 1. The number of benzene rings is 2. The van der Waals surface area contributed by atoms with E-state index in [-0.39, 0.29) is 5.91 Å². The highest BCUT2D eigenvalue weighted by molar-refractivity contribution is 7.92. The largest absolute Gasteiger partial charge is 0.464 e. The van der Waals surface area contributed by atoms with Gasteiger partial charge in [0.15, 0.2) is 9.84 Å². The molecule has 5 rings (SSSR count). The van der Waals surface area contributed by atoms with Gasteiger partial charge in [-0.15, -0.1) is 0 Å². The highest BCUT2D eigenvalue weighted by atomic mass is 32.2. The van der Waals surface area contributed by atoms with E-state index in [4.69, 9.17) is 8.83 Å². The fourth-order valence-electron chi connectivity index (χ4n) is 4.10. The van der Waals surface area contributed by atoms with Crippen LogP contribution in [0.3, 0.4) is 0 Å². The van der Waals surface area contributed by atoms with E-state index in [9.17, 15) is 13.2 Å². The van der Waals surface area contributed by atoms with Gasteiger partial charge in [-0.25, -0.2) is 8.42 Å². The first-order chi connectivity index (χ1) is 15.0. The quantitative estimate of drug-likeness (QED) is 0.461. The van der Waals surface area contributed by atoms with Crippen LogP contribution >= 0.6 is 0 Å². The molecule has 3 heterocycles. The van der Waals surface area contributed by atoms with Crippen molar-refractivity contribution in [2.75, 3.05) is 13.1 Å². The number of likely N-dealkylation sites (tertiary alicyclic amines) is 1. The lowest BCUT2D eigenvalue weighted by Gasteiger charge is -2.31. The van der Waals surface area contributed by atoms with Gasteiger partial charge in [-0.1, -0.05) is 0 Å². The van der Waals surface area contributed by atoms with Crippen LogP contribution in [-0.4, -0.2) is 37.6 Å². The standard InChI is InChI=1S/C24H21NO5S/c26-24(19-5-8-23-18(16-19)11-15-30-23)25-12-9-21(10-13-25)31(27,28)20-6-3-17(4-7-20)22-2-1-14-29-22/h1-8,11,14-16,21H,9-10,12-13H2. The molecule has 1 amide bonds. The van der Waals surface area contributed by atoms with Gasteiger partial charge in [0, 0.05) is 29.6 Å². The van der Waals surface area contributed by atoms with E-state index >= 15 is 0 Å². The number of piperidine rings is 1. The number of fused-ring (bicyclic) bond motifs is 1. The van der Waals surface area contributed by atoms with Gasteiger partial charge in [0.1, 0.15) is 11.3 Å². The summed E-state index contributed by atoms with van der Waals surface area (Å²) < 4.78 is 36.9. The summed E-state index contributed by atoms with van der Waals surface area (Å²) in [5.74, 6) is 0.617. The molecule has 6 nitrogen and oxygen atoms in total. The van der Waals surface area contributed by atoms with Crippen LogP contribution < -0.4 is 0 Å². The summed E-state index contributed by atoms with van der Waals surface area (Å²) >= 11 is 0. The molecule has 1 aliphatic heterocycles. The molecule has 0 bridgehead atoms. The normalized spacial score (nSPS) is 15.4. The van der Waals surface area contributed by atoms with Crippen LogP contribution in [0.25, 0.3) is 22.3 Å². The van der Waals surface area contributed by atoms with Crippen LogP contribution in [0.4, 0.5) is 0 Å². The van der Waals surface area contributed by atoms with Gasteiger partial charge < -0.3 is 13.7 Å². The van der Waals surface area contributed by atoms with E-state index in [0.29, 0.717) is 42.2 Å². The van der Waals surface area contributed by atoms with Gasteiger partial charge in [-0.05, 0) is 73.5 Å². The topological polar surface area (TPSA) is 80.7 Å². The average Bonchev–Trinajstić information content (AvgIpc) is 3.50. The number of amides is 1. The van der Waals surface area contributed by atoms with E-state index in [1.165, 1.54) is 0 Å². The minimum atomic E-state index is -3.46. The van der Waals surface area contributed by atoms with E-state index in [1.54, 1.807) is 59.9 Å². The molecule has 7 heteroatoms. The Bertz CT molecular complexity index is 1310. The molecule has 1 saturated heterocycles. The van der Waals surface area contributed by atoms with Crippen LogP contribution in [0, 0.1) is 0 Å². The van der Waals surface area contributed by atoms with Gasteiger partial charge >= 0.3 is 0 Å². The molecule has 1 aliphatic rings. The summed E-state index contributed by atoms with van der Waals surface area (Å²) in [6.45, 7) is 0.827. The van der Waals surface area contributed by atoms with Gasteiger partial charge in [-0.2, -0.15) is 0 Å². The minimum Gasteiger partial charge on any atom is -0.464 e. The van der Waals surface area contributed by atoms with E-state index < -0.39 is 15.1 Å². The Morgan fingerprint density at radius 2 is 1.68 bits per heavy atom. The maximum Gasteiger partial charge on any atom is 0.253 e. The summed E-state index contributed by atoms with van der Waals surface area (Å²) in [6, 6.07) is 17.6.